The molecule has 0 bridgehead atoms. The van der Waals surface area contributed by atoms with Gasteiger partial charge in [0, 0.05) is 23.1 Å². The molecule has 6 heteroatoms. The van der Waals surface area contributed by atoms with Gasteiger partial charge in [0.25, 0.3) is 0 Å². The van der Waals surface area contributed by atoms with Gasteiger partial charge in [-0.3, -0.25) is 4.98 Å². The number of aromatic nitrogens is 2. The molecule has 2 N–H and O–H groups in total. The highest BCUT2D eigenvalue weighted by Crippen LogP contribution is 2.26. The second-order valence-electron chi connectivity index (χ2n) is 6.69. The molecule has 3 aromatic rings. The summed E-state index contributed by atoms with van der Waals surface area (Å²) in [5.41, 5.74) is 2.24. The minimum atomic E-state index is -0.972. The first kappa shape index (κ1) is 16.0. The van der Waals surface area contributed by atoms with Gasteiger partial charge in [0.2, 0.25) is 0 Å². The van der Waals surface area contributed by atoms with Crippen molar-refractivity contribution in [2.24, 2.45) is 0 Å². The second-order valence-corrected chi connectivity index (χ2v) is 6.69. The largest absolute Gasteiger partial charge is 0.478 e. The van der Waals surface area contributed by atoms with Gasteiger partial charge in [0.15, 0.2) is 0 Å². The standard InChI is InChI=1S/C18H19N3O3/c1-18(2,3)15-9-13(21-24-15)10-20-14-8-12(17(22)23)7-11-5-4-6-19-16(11)14/h4-9,20H,10H2,1-3H3,(H,22,23). The Kier molecular flexibility index (Phi) is 3.97. The number of pyridine rings is 1. The summed E-state index contributed by atoms with van der Waals surface area (Å²) < 4.78 is 5.37. The molecule has 2 heterocycles. The van der Waals surface area contributed by atoms with Crippen LogP contribution in [0.2, 0.25) is 0 Å². The number of nitrogens with zero attached hydrogens (tertiary/aromatic N) is 2. The molecule has 0 atom stereocenters. The number of aromatic carboxylic acids is 1. The van der Waals surface area contributed by atoms with Crippen molar-refractivity contribution < 1.29 is 14.4 Å². The summed E-state index contributed by atoms with van der Waals surface area (Å²) in [4.78, 5) is 15.6. The first-order valence-corrected chi connectivity index (χ1v) is 7.66. The zero-order valence-electron chi connectivity index (χ0n) is 13.8. The van der Waals surface area contributed by atoms with Crippen molar-refractivity contribution in [1.29, 1.82) is 0 Å². The molecule has 0 spiro atoms. The van der Waals surface area contributed by atoms with Crippen molar-refractivity contribution in [2.75, 3.05) is 5.32 Å². The predicted molar refractivity (Wildman–Crippen MR) is 91.2 cm³/mol. The lowest BCUT2D eigenvalue weighted by Gasteiger charge is -2.12. The summed E-state index contributed by atoms with van der Waals surface area (Å²) in [6, 6.07) is 8.73. The zero-order valence-corrected chi connectivity index (χ0v) is 13.8. The predicted octanol–water partition coefficient (Wildman–Crippen LogP) is 3.83. The van der Waals surface area contributed by atoms with Gasteiger partial charge in [0.05, 0.1) is 23.3 Å². The molecule has 124 valence electrons. The molecule has 0 aliphatic heterocycles. The number of hydrogen-bond donors (Lipinski definition) is 2. The minimum Gasteiger partial charge on any atom is -0.478 e. The molecule has 0 fully saturated rings. The Balaban J connectivity index is 1.89. The summed E-state index contributed by atoms with van der Waals surface area (Å²) in [7, 11) is 0. The van der Waals surface area contributed by atoms with E-state index in [4.69, 9.17) is 4.52 Å². The molecule has 1 aromatic carbocycles. The monoisotopic (exact) mass is 325 g/mol. The molecular weight excluding hydrogens is 306 g/mol. The smallest absolute Gasteiger partial charge is 0.335 e. The van der Waals surface area contributed by atoms with Crippen LogP contribution in [-0.4, -0.2) is 21.2 Å². The van der Waals surface area contributed by atoms with E-state index in [2.05, 4.69) is 36.2 Å². The van der Waals surface area contributed by atoms with Crippen LogP contribution in [0.5, 0.6) is 0 Å². The number of carbonyl (C=O) groups is 1. The van der Waals surface area contributed by atoms with Crippen LogP contribution in [-0.2, 0) is 12.0 Å². The summed E-state index contributed by atoms with van der Waals surface area (Å²) in [6.45, 7) is 6.59. The van der Waals surface area contributed by atoms with Crippen LogP contribution in [0.15, 0.2) is 41.1 Å². The average Bonchev–Trinajstić information content (AvgIpc) is 3.01. The minimum absolute atomic E-state index is 0.108. The van der Waals surface area contributed by atoms with E-state index in [1.807, 2.05) is 12.1 Å². The maximum absolute atomic E-state index is 11.3. The van der Waals surface area contributed by atoms with Crippen LogP contribution in [0.4, 0.5) is 5.69 Å². The lowest BCUT2D eigenvalue weighted by molar-refractivity contribution is 0.0697. The fourth-order valence-electron chi connectivity index (χ4n) is 2.38. The van der Waals surface area contributed by atoms with Crippen LogP contribution in [0.1, 0.15) is 42.6 Å². The Morgan fingerprint density at radius 3 is 2.75 bits per heavy atom. The van der Waals surface area contributed by atoms with Crippen LogP contribution >= 0.6 is 0 Å². The molecule has 0 saturated carbocycles. The topological polar surface area (TPSA) is 88.2 Å². The third-order valence-electron chi connectivity index (χ3n) is 3.71. The lowest BCUT2D eigenvalue weighted by atomic mass is 9.93. The van der Waals surface area contributed by atoms with Crippen molar-refractivity contribution in [3.63, 3.8) is 0 Å². The lowest BCUT2D eigenvalue weighted by Crippen LogP contribution is -2.09. The van der Waals surface area contributed by atoms with Crippen LogP contribution in [0.25, 0.3) is 10.9 Å². The molecule has 6 nitrogen and oxygen atoms in total. The van der Waals surface area contributed by atoms with Gasteiger partial charge >= 0.3 is 5.97 Å². The summed E-state index contributed by atoms with van der Waals surface area (Å²) in [5, 5.41) is 17.3. The van der Waals surface area contributed by atoms with E-state index >= 15 is 0 Å². The first-order chi connectivity index (χ1) is 11.3. The number of benzene rings is 1. The van der Waals surface area contributed by atoms with Crippen LogP contribution in [0.3, 0.4) is 0 Å². The molecule has 0 aliphatic rings. The van der Waals surface area contributed by atoms with Gasteiger partial charge in [-0.15, -0.1) is 0 Å². The molecule has 0 amide bonds. The Bertz CT molecular complexity index is 894. The number of fused-ring (bicyclic) bond motifs is 1. The normalized spacial score (nSPS) is 11.6. The van der Waals surface area contributed by atoms with E-state index < -0.39 is 5.97 Å². The van der Waals surface area contributed by atoms with E-state index in [0.29, 0.717) is 12.2 Å². The number of nitrogens with one attached hydrogen (secondary N) is 1. The summed E-state index contributed by atoms with van der Waals surface area (Å²) in [6.07, 6.45) is 1.68. The highest BCUT2D eigenvalue weighted by molar-refractivity contribution is 5.99. The van der Waals surface area contributed by atoms with Gasteiger partial charge < -0.3 is 14.9 Å². The highest BCUT2D eigenvalue weighted by atomic mass is 16.5. The number of carboxylic acids is 1. The Labute approximate surface area is 139 Å². The van der Waals surface area contributed by atoms with Crippen molar-refractivity contribution in [2.45, 2.75) is 32.7 Å². The van der Waals surface area contributed by atoms with Gasteiger partial charge in [-0.25, -0.2) is 4.79 Å². The van der Waals surface area contributed by atoms with Gasteiger partial charge in [-0.1, -0.05) is 32.0 Å². The SMILES string of the molecule is CC(C)(C)c1cc(CNc2cc(C(=O)O)cc3cccnc23)no1. The van der Waals surface area contributed by atoms with Crippen molar-refractivity contribution >= 4 is 22.6 Å². The highest BCUT2D eigenvalue weighted by Gasteiger charge is 2.19. The Hall–Kier alpha value is -2.89. The zero-order chi connectivity index (χ0) is 17.3. The van der Waals surface area contributed by atoms with Gasteiger partial charge in [0.1, 0.15) is 11.5 Å². The molecule has 0 radical (unpaired) electrons. The number of carboxylic acid groups (broad SMARTS) is 1. The van der Waals surface area contributed by atoms with Crippen molar-refractivity contribution in [3.05, 3.63) is 53.5 Å². The van der Waals surface area contributed by atoms with Gasteiger partial charge in [-0.05, 0) is 18.2 Å². The van der Waals surface area contributed by atoms with Crippen molar-refractivity contribution in [3.8, 4) is 0 Å². The van der Waals surface area contributed by atoms with E-state index in [-0.39, 0.29) is 11.0 Å². The maximum Gasteiger partial charge on any atom is 0.335 e. The maximum atomic E-state index is 11.3. The molecular formula is C18H19N3O3. The summed E-state index contributed by atoms with van der Waals surface area (Å²) >= 11 is 0. The molecule has 24 heavy (non-hydrogen) atoms. The fraction of sp³-hybridized carbons (Fsp3) is 0.278. The molecule has 0 unspecified atom stereocenters. The fourth-order valence-corrected chi connectivity index (χ4v) is 2.38. The average molecular weight is 325 g/mol. The number of anilines is 1. The molecule has 3 rings (SSSR count). The first-order valence-electron chi connectivity index (χ1n) is 7.66. The van der Waals surface area contributed by atoms with Crippen LogP contribution in [0, 0.1) is 0 Å². The van der Waals surface area contributed by atoms with E-state index in [1.165, 1.54) is 0 Å². The van der Waals surface area contributed by atoms with Gasteiger partial charge in [-0.2, -0.15) is 0 Å². The molecule has 0 saturated heterocycles. The molecule has 2 aromatic heterocycles. The second kappa shape index (κ2) is 5.96. The number of hydrogen-bond acceptors (Lipinski definition) is 5. The quantitative estimate of drug-likeness (QED) is 0.758. The number of rotatable bonds is 4. The van der Waals surface area contributed by atoms with E-state index in [9.17, 15) is 9.90 Å². The third kappa shape index (κ3) is 3.22. The van der Waals surface area contributed by atoms with E-state index in [0.717, 1.165) is 22.4 Å². The Morgan fingerprint density at radius 2 is 2.08 bits per heavy atom. The van der Waals surface area contributed by atoms with Crippen molar-refractivity contribution in [1.82, 2.24) is 10.1 Å². The third-order valence-corrected chi connectivity index (χ3v) is 3.71. The Morgan fingerprint density at radius 1 is 1.29 bits per heavy atom. The summed E-state index contributed by atoms with van der Waals surface area (Å²) in [5.74, 6) is -0.165. The molecule has 0 aliphatic carbocycles. The van der Waals surface area contributed by atoms with Crippen LogP contribution < -0.4 is 5.32 Å². The van der Waals surface area contributed by atoms with E-state index in [1.54, 1.807) is 24.4 Å².